The van der Waals surface area contributed by atoms with Crippen LogP contribution in [-0.2, 0) is 19.6 Å². The second-order valence-corrected chi connectivity index (χ2v) is 8.43. The highest BCUT2D eigenvalue weighted by molar-refractivity contribution is 7.93. The average molecular weight is 418 g/mol. The zero-order valence-electron chi connectivity index (χ0n) is 15.9. The number of carbonyl (C=O) groups is 2. The Hall–Kier alpha value is -2.95. The smallest absolute Gasteiger partial charge is 0.337 e. The first-order valence-electron chi connectivity index (χ1n) is 8.86. The molecule has 1 aliphatic heterocycles. The Bertz CT molecular complexity index is 990. The Labute approximate surface area is 168 Å². The van der Waals surface area contributed by atoms with Crippen molar-refractivity contribution in [3.8, 4) is 0 Å². The van der Waals surface area contributed by atoms with Crippen LogP contribution in [0.25, 0.3) is 0 Å². The summed E-state index contributed by atoms with van der Waals surface area (Å²) in [5.74, 6) is -1.81. The van der Waals surface area contributed by atoms with Crippen LogP contribution in [-0.4, -0.2) is 39.3 Å². The van der Waals surface area contributed by atoms with Gasteiger partial charge in [0.2, 0.25) is 5.91 Å². The molecule has 0 saturated carbocycles. The third-order valence-corrected chi connectivity index (χ3v) is 6.12. The van der Waals surface area contributed by atoms with Crippen LogP contribution < -0.4 is 20.9 Å². The van der Waals surface area contributed by atoms with Gasteiger partial charge in [-0.2, -0.15) is 0 Å². The molecule has 9 nitrogen and oxygen atoms in total. The number of hydrogen-bond donors (Lipinski definition) is 4. The SMILES string of the molecule is COC(=O)c1ccc(NC(=O)C2CNNC2S(=O)(=O)Nc2ccc(C)cc2)cc1. The molecule has 0 radical (unpaired) electrons. The third-order valence-electron chi connectivity index (χ3n) is 4.49. The van der Waals surface area contributed by atoms with Crippen molar-refractivity contribution in [1.29, 1.82) is 0 Å². The van der Waals surface area contributed by atoms with Crippen molar-refractivity contribution < 1.29 is 22.7 Å². The first-order chi connectivity index (χ1) is 13.8. The van der Waals surface area contributed by atoms with Crippen LogP contribution in [0.15, 0.2) is 48.5 Å². The molecular weight excluding hydrogens is 396 g/mol. The molecule has 0 spiro atoms. The predicted molar refractivity (Wildman–Crippen MR) is 109 cm³/mol. The largest absolute Gasteiger partial charge is 0.465 e. The number of methoxy groups -OCH3 is 1. The summed E-state index contributed by atoms with van der Waals surface area (Å²) in [6.07, 6.45) is 0. The Morgan fingerprint density at radius 1 is 1.03 bits per heavy atom. The molecule has 1 aliphatic rings. The molecule has 1 amide bonds. The lowest BCUT2D eigenvalue weighted by Crippen LogP contribution is -2.45. The number of hydrazine groups is 1. The molecule has 1 fully saturated rings. The number of esters is 1. The topological polar surface area (TPSA) is 126 Å². The maximum absolute atomic E-state index is 12.8. The number of hydrogen-bond acceptors (Lipinski definition) is 7. The van der Waals surface area contributed by atoms with E-state index in [1.807, 2.05) is 6.92 Å². The predicted octanol–water partition coefficient (Wildman–Crippen LogP) is 1.21. The Kier molecular flexibility index (Phi) is 6.16. The molecule has 3 rings (SSSR count). The van der Waals surface area contributed by atoms with Gasteiger partial charge in [-0.05, 0) is 43.3 Å². The van der Waals surface area contributed by atoms with Crippen molar-refractivity contribution in [1.82, 2.24) is 10.9 Å². The molecule has 10 heteroatoms. The Morgan fingerprint density at radius 3 is 2.28 bits per heavy atom. The van der Waals surface area contributed by atoms with Crippen LogP contribution in [0.3, 0.4) is 0 Å². The summed E-state index contributed by atoms with van der Waals surface area (Å²) in [5.41, 5.74) is 7.59. The fraction of sp³-hybridized carbons (Fsp3) is 0.263. The molecule has 2 unspecified atom stereocenters. The number of benzene rings is 2. The van der Waals surface area contributed by atoms with E-state index in [9.17, 15) is 18.0 Å². The van der Waals surface area contributed by atoms with Gasteiger partial charge in [-0.1, -0.05) is 17.7 Å². The molecular formula is C19H22N4O5S. The van der Waals surface area contributed by atoms with Gasteiger partial charge in [0.25, 0.3) is 10.0 Å². The minimum atomic E-state index is -3.88. The number of nitrogens with one attached hydrogen (secondary N) is 4. The quantitative estimate of drug-likeness (QED) is 0.520. The van der Waals surface area contributed by atoms with Gasteiger partial charge in [0.15, 0.2) is 5.37 Å². The molecule has 1 saturated heterocycles. The van der Waals surface area contributed by atoms with Crippen LogP contribution in [0.5, 0.6) is 0 Å². The van der Waals surface area contributed by atoms with E-state index in [1.165, 1.54) is 19.2 Å². The van der Waals surface area contributed by atoms with Gasteiger partial charge in [0.1, 0.15) is 0 Å². The molecule has 2 atom stereocenters. The zero-order valence-corrected chi connectivity index (χ0v) is 16.7. The van der Waals surface area contributed by atoms with Crippen LogP contribution in [0, 0.1) is 12.8 Å². The van der Waals surface area contributed by atoms with Crippen molar-refractivity contribution >= 4 is 33.3 Å². The van der Waals surface area contributed by atoms with Gasteiger partial charge in [-0.15, -0.1) is 0 Å². The third kappa shape index (κ3) is 4.91. The van der Waals surface area contributed by atoms with E-state index in [0.717, 1.165) is 5.56 Å². The number of anilines is 2. The fourth-order valence-corrected chi connectivity index (χ4v) is 4.38. The summed E-state index contributed by atoms with van der Waals surface area (Å²) < 4.78 is 32.7. The van der Waals surface area contributed by atoms with E-state index in [1.54, 1.807) is 36.4 Å². The first-order valence-corrected chi connectivity index (χ1v) is 10.4. The second kappa shape index (κ2) is 8.60. The maximum atomic E-state index is 12.8. The summed E-state index contributed by atoms with van der Waals surface area (Å²) in [4.78, 5) is 24.1. The highest BCUT2D eigenvalue weighted by atomic mass is 32.2. The zero-order chi connectivity index (χ0) is 21.0. The van der Waals surface area contributed by atoms with Crippen LogP contribution >= 0.6 is 0 Å². The summed E-state index contributed by atoms with van der Waals surface area (Å²) in [6.45, 7) is 2.05. The van der Waals surface area contributed by atoms with Gasteiger partial charge in [0, 0.05) is 17.9 Å². The average Bonchev–Trinajstić information content (AvgIpc) is 3.21. The maximum Gasteiger partial charge on any atom is 0.337 e. The van der Waals surface area contributed by atoms with Crippen molar-refractivity contribution in [3.63, 3.8) is 0 Å². The van der Waals surface area contributed by atoms with Gasteiger partial charge in [0.05, 0.1) is 18.6 Å². The molecule has 1 heterocycles. The normalized spacial score (nSPS) is 18.8. The highest BCUT2D eigenvalue weighted by Gasteiger charge is 2.41. The van der Waals surface area contributed by atoms with Crippen molar-refractivity contribution in [3.05, 3.63) is 59.7 Å². The number of amides is 1. The summed E-state index contributed by atoms with van der Waals surface area (Å²) >= 11 is 0. The lowest BCUT2D eigenvalue weighted by atomic mass is 10.1. The van der Waals surface area contributed by atoms with Gasteiger partial charge in [-0.25, -0.2) is 18.6 Å². The highest BCUT2D eigenvalue weighted by Crippen LogP contribution is 2.20. The van der Waals surface area contributed by atoms with E-state index in [-0.39, 0.29) is 6.54 Å². The molecule has 0 aliphatic carbocycles. The van der Waals surface area contributed by atoms with Crippen LogP contribution in [0.2, 0.25) is 0 Å². The number of aryl methyl sites for hydroxylation is 1. The summed E-state index contributed by atoms with van der Waals surface area (Å²) in [6, 6.07) is 13.0. The lowest BCUT2D eigenvalue weighted by Gasteiger charge is -2.19. The first kappa shape index (κ1) is 20.8. The Morgan fingerprint density at radius 2 is 1.66 bits per heavy atom. The van der Waals surface area contributed by atoms with E-state index >= 15 is 0 Å². The van der Waals surface area contributed by atoms with E-state index in [0.29, 0.717) is 16.9 Å². The molecule has 154 valence electrons. The Balaban J connectivity index is 1.69. The minimum absolute atomic E-state index is 0.144. The molecule has 4 N–H and O–H groups in total. The fourth-order valence-electron chi connectivity index (χ4n) is 2.89. The number of sulfonamides is 1. The minimum Gasteiger partial charge on any atom is -0.465 e. The molecule has 0 aromatic heterocycles. The van der Waals surface area contributed by atoms with Crippen LogP contribution in [0.1, 0.15) is 15.9 Å². The second-order valence-electron chi connectivity index (χ2n) is 6.62. The van der Waals surface area contributed by atoms with E-state index < -0.39 is 33.2 Å². The van der Waals surface area contributed by atoms with Crippen LogP contribution in [0.4, 0.5) is 11.4 Å². The van der Waals surface area contributed by atoms with Gasteiger partial charge < -0.3 is 10.1 Å². The van der Waals surface area contributed by atoms with Gasteiger partial charge in [-0.3, -0.25) is 14.9 Å². The van der Waals surface area contributed by atoms with Crippen molar-refractivity contribution in [2.24, 2.45) is 5.92 Å². The molecule has 29 heavy (non-hydrogen) atoms. The molecule has 2 aromatic carbocycles. The number of rotatable bonds is 6. The summed E-state index contributed by atoms with van der Waals surface area (Å²) in [5, 5.41) is 1.52. The molecule has 2 aromatic rings. The summed E-state index contributed by atoms with van der Waals surface area (Å²) in [7, 11) is -2.60. The monoisotopic (exact) mass is 418 g/mol. The van der Waals surface area contributed by atoms with E-state index in [4.69, 9.17) is 0 Å². The number of carbonyl (C=O) groups excluding carboxylic acids is 2. The van der Waals surface area contributed by atoms with Gasteiger partial charge >= 0.3 is 5.97 Å². The van der Waals surface area contributed by atoms with E-state index in [2.05, 4.69) is 25.6 Å². The molecule has 0 bridgehead atoms. The number of ether oxygens (including phenoxy) is 1. The lowest BCUT2D eigenvalue weighted by molar-refractivity contribution is -0.119. The van der Waals surface area contributed by atoms with Crippen molar-refractivity contribution in [2.45, 2.75) is 12.3 Å². The van der Waals surface area contributed by atoms with Crippen molar-refractivity contribution in [2.75, 3.05) is 23.7 Å². The standard InChI is InChI=1S/C19H22N4O5S/c1-12-3-7-15(8-4-12)23-29(26,27)18-16(11-20-22-18)17(24)21-14-9-5-13(6-10-14)19(25)28-2/h3-10,16,18,20,22-23H,11H2,1-2H3,(H,21,24).